The number of anilines is 1. The van der Waals surface area contributed by atoms with Gasteiger partial charge in [-0.1, -0.05) is 24.1 Å². The molecule has 3 N–H and O–H groups in total. The maximum Gasteiger partial charge on any atom is 0.393 e. The molecule has 0 unspecified atom stereocenters. The van der Waals surface area contributed by atoms with Crippen molar-refractivity contribution in [2.75, 3.05) is 32.0 Å². The van der Waals surface area contributed by atoms with Gasteiger partial charge in [-0.15, -0.1) is 0 Å². The highest BCUT2D eigenvalue weighted by atomic mass is 19.4. The molecule has 0 radical (unpaired) electrons. The average Bonchev–Trinajstić information content (AvgIpc) is 3.19. The third-order valence-electron chi connectivity index (χ3n) is 6.59. The Kier molecular flexibility index (Phi) is 8.18. The number of rotatable bonds is 6. The fraction of sp³-hybridized carbons (Fsp3) is 0.429. The van der Waals surface area contributed by atoms with E-state index in [1.807, 2.05) is 11.9 Å². The quantitative estimate of drug-likeness (QED) is 0.324. The van der Waals surface area contributed by atoms with Gasteiger partial charge in [0.15, 0.2) is 0 Å². The Morgan fingerprint density at radius 1 is 1.21 bits per heavy atom. The summed E-state index contributed by atoms with van der Waals surface area (Å²) in [5, 5.41) is 20.2. The molecule has 3 aromatic rings. The monoisotopic (exact) mass is 545 g/mol. The van der Waals surface area contributed by atoms with E-state index in [2.05, 4.69) is 27.6 Å². The molecule has 11 heteroatoms. The molecule has 1 aliphatic rings. The zero-order chi connectivity index (χ0) is 28.4. The first-order chi connectivity index (χ1) is 18.3. The summed E-state index contributed by atoms with van der Waals surface area (Å²) in [4.78, 5) is 14.4. The highest BCUT2D eigenvalue weighted by molar-refractivity contribution is 5.94. The van der Waals surface area contributed by atoms with Crippen molar-refractivity contribution in [1.82, 2.24) is 19.8 Å². The van der Waals surface area contributed by atoms with Crippen molar-refractivity contribution in [2.45, 2.75) is 50.7 Å². The lowest BCUT2D eigenvalue weighted by Crippen LogP contribution is -2.46. The number of amides is 1. The van der Waals surface area contributed by atoms with Crippen molar-refractivity contribution in [2.24, 2.45) is 0 Å². The van der Waals surface area contributed by atoms with Crippen LogP contribution in [0, 0.1) is 11.8 Å². The topological polar surface area (TPSA) is 81.9 Å². The number of carbonyl (C=O) groups excluding carboxylic acids is 1. The van der Waals surface area contributed by atoms with Gasteiger partial charge in [0.2, 0.25) is 0 Å². The van der Waals surface area contributed by atoms with Gasteiger partial charge in [-0.05, 0) is 63.1 Å². The summed E-state index contributed by atoms with van der Waals surface area (Å²) in [6.07, 6.45) is -6.34. The van der Waals surface area contributed by atoms with Crippen molar-refractivity contribution < 1.29 is 27.5 Å². The van der Waals surface area contributed by atoms with Crippen molar-refractivity contribution in [3.05, 3.63) is 64.8 Å². The molecule has 39 heavy (non-hydrogen) atoms. The second-order valence-corrected chi connectivity index (χ2v) is 10.3. The van der Waals surface area contributed by atoms with Crippen LogP contribution in [0.5, 0.6) is 0 Å². The predicted octanol–water partition coefficient (Wildman–Crippen LogP) is 3.90. The molecule has 0 spiro atoms. The predicted molar refractivity (Wildman–Crippen MR) is 140 cm³/mol. The van der Waals surface area contributed by atoms with Crippen molar-refractivity contribution >= 4 is 17.2 Å². The lowest BCUT2D eigenvalue weighted by Gasteiger charge is -2.33. The van der Waals surface area contributed by atoms with Crippen LogP contribution in [0.1, 0.15) is 47.4 Å². The van der Waals surface area contributed by atoms with Gasteiger partial charge in [0.1, 0.15) is 17.7 Å². The van der Waals surface area contributed by atoms with Gasteiger partial charge in [0.05, 0.1) is 30.1 Å². The number of aromatic nitrogens is 2. The molecule has 1 amide bonds. The van der Waals surface area contributed by atoms with Crippen LogP contribution in [0.2, 0.25) is 0 Å². The van der Waals surface area contributed by atoms with Gasteiger partial charge in [-0.25, -0.2) is 8.91 Å². The Morgan fingerprint density at radius 3 is 2.64 bits per heavy atom. The molecule has 1 aromatic carbocycles. The highest BCUT2D eigenvalue weighted by Crippen LogP contribution is 2.29. The largest absolute Gasteiger partial charge is 0.393 e. The minimum atomic E-state index is -4.50. The number of benzene rings is 1. The second kappa shape index (κ2) is 11.2. The molecule has 0 aliphatic carbocycles. The van der Waals surface area contributed by atoms with E-state index in [9.17, 15) is 27.5 Å². The molecule has 0 bridgehead atoms. The van der Waals surface area contributed by atoms with Gasteiger partial charge in [-0.2, -0.15) is 18.3 Å². The molecule has 2 aromatic heterocycles. The molecule has 1 saturated heterocycles. The number of nitrogens with one attached hydrogen (secondary N) is 2. The number of alkyl halides is 4. The Morgan fingerprint density at radius 2 is 1.95 bits per heavy atom. The third-order valence-corrected chi connectivity index (χ3v) is 6.59. The smallest absolute Gasteiger partial charge is 0.386 e. The molecule has 1 fully saturated rings. The summed E-state index contributed by atoms with van der Waals surface area (Å²) in [6.45, 7) is 4.03. The molecular weight excluding hydrogens is 514 g/mol. The lowest BCUT2D eigenvalue weighted by molar-refractivity contribution is -0.127. The van der Waals surface area contributed by atoms with Gasteiger partial charge < -0.3 is 20.6 Å². The van der Waals surface area contributed by atoms with Crippen LogP contribution in [0.4, 0.5) is 23.4 Å². The van der Waals surface area contributed by atoms with E-state index in [4.69, 9.17) is 0 Å². The van der Waals surface area contributed by atoms with Crippen LogP contribution in [0.15, 0.2) is 42.5 Å². The zero-order valence-electron chi connectivity index (χ0n) is 21.9. The first-order valence-electron chi connectivity index (χ1n) is 12.6. The number of halogens is 4. The summed E-state index contributed by atoms with van der Waals surface area (Å²) in [6, 6.07) is 10.8. The number of hydrogen-bond acceptors (Lipinski definition) is 5. The molecule has 2 atom stereocenters. The van der Waals surface area contributed by atoms with Crippen LogP contribution >= 0.6 is 0 Å². The molecule has 4 rings (SSSR count). The molecule has 1 aliphatic heterocycles. The van der Waals surface area contributed by atoms with Crippen LogP contribution in [0.25, 0.3) is 5.52 Å². The van der Waals surface area contributed by atoms with E-state index in [-0.39, 0.29) is 29.9 Å². The third kappa shape index (κ3) is 7.07. The Balaban J connectivity index is 1.56. The first-order valence-corrected chi connectivity index (χ1v) is 12.6. The summed E-state index contributed by atoms with van der Waals surface area (Å²) < 4.78 is 56.3. The van der Waals surface area contributed by atoms with Crippen LogP contribution < -0.4 is 10.6 Å². The van der Waals surface area contributed by atoms with Crippen molar-refractivity contribution in [3.8, 4) is 11.8 Å². The number of carbonyl (C=O) groups is 1. The number of aliphatic hydroxyl groups is 1. The fourth-order valence-electron chi connectivity index (χ4n) is 4.51. The molecule has 0 saturated carbocycles. The van der Waals surface area contributed by atoms with E-state index in [0.717, 1.165) is 0 Å². The SMILES string of the molecule is CN1CC[C@@H](Nc2cccc3c(CC(F)(F)F)c(C#CCNC(=O)c4cccc(C(C)(C)O)c4)nn23)[C@@H](F)C1. The summed E-state index contributed by atoms with van der Waals surface area (Å²) in [5.41, 5.74) is -0.190. The number of pyridine rings is 1. The van der Waals surface area contributed by atoms with E-state index < -0.39 is 36.3 Å². The molecular formula is C28H31F4N5O2. The Hall–Kier alpha value is -3.62. The number of hydrogen-bond donors (Lipinski definition) is 3. The van der Waals surface area contributed by atoms with Gasteiger partial charge in [0.25, 0.3) is 5.91 Å². The van der Waals surface area contributed by atoms with Crippen molar-refractivity contribution in [3.63, 3.8) is 0 Å². The van der Waals surface area contributed by atoms with Crippen LogP contribution in [-0.2, 0) is 12.0 Å². The van der Waals surface area contributed by atoms with Crippen LogP contribution in [-0.4, -0.2) is 70.6 Å². The van der Waals surface area contributed by atoms with Crippen molar-refractivity contribution in [1.29, 1.82) is 0 Å². The number of nitrogens with zero attached hydrogens (tertiary/aromatic N) is 3. The van der Waals surface area contributed by atoms with E-state index in [1.54, 1.807) is 50.2 Å². The van der Waals surface area contributed by atoms with Gasteiger partial charge in [0, 0.05) is 24.2 Å². The summed E-state index contributed by atoms with van der Waals surface area (Å²) in [5.74, 6) is 5.29. The first kappa shape index (κ1) is 28.4. The average molecular weight is 546 g/mol. The second-order valence-electron chi connectivity index (χ2n) is 10.3. The van der Waals surface area contributed by atoms with Gasteiger partial charge in [-0.3, -0.25) is 4.79 Å². The van der Waals surface area contributed by atoms with E-state index in [0.29, 0.717) is 29.9 Å². The summed E-state index contributed by atoms with van der Waals surface area (Å²) >= 11 is 0. The van der Waals surface area contributed by atoms with Crippen LogP contribution in [0.3, 0.4) is 0 Å². The maximum atomic E-state index is 14.6. The lowest BCUT2D eigenvalue weighted by atomic mass is 9.96. The Labute approximate surface area is 224 Å². The number of piperidine rings is 1. The van der Waals surface area contributed by atoms with E-state index >= 15 is 0 Å². The zero-order valence-corrected chi connectivity index (χ0v) is 21.9. The maximum absolute atomic E-state index is 14.6. The standard InChI is InChI=1S/C28H31F4N5O2/c1-27(2,39)19-8-4-7-18(15-19)26(38)33-13-6-9-22-20(16-28(30,31)32)24-10-5-11-25(37(24)35-22)34-23-12-14-36(3)17-21(23)29/h4-5,7-8,10-11,15,21,23,34,39H,12-14,16-17H2,1-3H3,(H,33,38)/t21-,23+/m0/s1. The van der Waals surface area contributed by atoms with Gasteiger partial charge >= 0.3 is 6.18 Å². The molecule has 7 nitrogen and oxygen atoms in total. The highest BCUT2D eigenvalue weighted by Gasteiger charge is 2.32. The normalized spacial score (nSPS) is 18.5. The minimum Gasteiger partial charge on any atom is -0.386 e. The minimum absolute atomic E-state index is 0.0694. The summed E-state index contributed by atoms with van der Waals surface area (Å²) in [7, 11) is 1.83. The molecule has 3 heterocycles. The fourth-order valence-corrected chi connectivity index (χ4v) is 4.51. The molecule has 208 valence electrons. The number of fused-ring (bicyclic) bond motifs is 1. The Bertz CT molecular complexity index is 1400. The van der Waals surface area contributed by atoms with E-state index in [1.165, 1.54) is 10.6 Å². The number of likely N-dealkylation sites (tertiary alicyclic amines) is 1.